The Hall–Kier alpha value is -1.64. The SMILES string of the molecule is CCc1nc2ccccc2nc1N1CCCC1. The Bertz CT molecular complexity index is 530. The van der Waals surface area contributed by atoms with Crippen molar-refractivity contribution in [1.29, 1.82) is 0 Å². The van der Waals surface area contributed by atoms with Crippen LogP contribution in [0.5, 0.6) is 0 Å². The van der Waals surface area contributed by atoms with Gasteiger partial charge in [-0.2, -0.15) is 0 Å². The number of benzene rings is 1. The highest BCUT2D eigenvalue weighted by Crippen LogP contribution is 2.24. The van der Waals surface area contributed by atoms with Gasteiger partial charge in [-0.25, -0.2) is 9.97 Å². The second-order valence-corrected chi connectivity index (χ2v) is 4.53. The third-order valence-corrected chi connectivity index (χ3v) is 3.36. The van der Waals surface area contributed by atoms with Crippen molar-refractivity contribution in [2.75, 3.05) is 18.0 Å². The molecule has 0 aliphatic carbocycles. The van der Waals surface area contributed by atoms with E-state index in [-0.39, 0.29) is 0 Å². The Labute approximate surface area is 101 Å². The first-order valence-electron chi connectivity index (χ1n) is 6.39. The topological polar surface area (TPSA) is 29.0 Å². The number of hydrogen-bond acceptors (Lipinski definition) is 3. The van der Waals surface area contributed by atoms with Gasteiger partial charge in [-0.3, -0.25) is 0 Å². The van der Waals surface area contributed by atoms with Crippen molar-refractivity contribution in [1.82, 2.24) is 9.97 Å². The monoisotopic (exact) mass is 227 g/mol. The molecule has 1 aliphatic heterocycles. The van der Waals surface area contributed by atoms with Crippen LogP contribution in [0.4, 0.5) is 5.82 Å². The van der Waals surface area contributed by atoms with Crippen molar-refractivity contribution in [3.05, 3.63) is 30.0 Å². The van der Waals surface area contributed by atoms with Crippen molar-refractivity contribution in [2.45, 2.75) is 26.2 Å². The van der Waals surface area contributed by atoms with Gasteiger partial charge in [0, 0.05) is 13.1 Å². The number of aryl methyl sites for hydroxylation is 1. The van der Waals surface area contributed by atoms with Gasteiger partial charge in [0.1, 0.15) is 0 Å². The lowest BCUT2D eigenvalue weighted by Gasteiger charge is -2.19. The van der Waals surface area contributed by atoms with E-state index in [1.807, 2.05) is 24.3 Å². The molecular formula is C14H17N3. The Kier molecular flexibility index (Phi) is 2.67. The van der Waals surface area contributed by atoms with Crippen molar-refractivity contribution < 1.29 is 0 Å². The van der Waals surface area contributed by atoms with Crippen LogP contribution in [-0.4, -0.2) is 23.1 Å². The van der Waals surface area contributed by atoms with Crippen molar-refractivity contribution in [3.63, 3.8) is 0 Å². The molecule has 0 saturated carbocycles. The van der Waals surface area contributed by atoms with E-state index in [1.165, 1.54) is 12.8 Å². The second kappa shape index (κ2) is 4.32. The number of rotatable bonds is 2. The number of hydrogen-bond donors (Lipinski definition) is 0. The molecule has 1 aliphatic rings. The zero-order valence-electron chi connectivity index (χ0n) is 10.2. The van der Waals surface area contributed by atoms with Gasteiger partial charge in [0.05, 0.1) is 16.7 Å². The molecule has 2 aromatic rings. The van der Waals surface area contributed by atoms with Crippen LogP contribution >= 0.6 is 0 Å². The zero-order valence-corrected chi connectivity index (χ0v) is 10.2. The van der Waals surface area contributed by atoms with Gasteiger partial charge >= 0.3 is 0 Å². The summed E-state index contributed by atoms with van der Waals surface area (Å²) in [6.07, 6.45) is 3.50. The van der Waals surface area contributed by atoms with Gasteiger partial charge in [-0.1, -0.05) is 19.1 Å². The molecule has 3 nitrogen and oxygen atoms in total. The summed E-state index contributed by atoms with van der Waals surface area (Å²) in [7, 11) is 0. The molecule has 0 bridgehead atoms. The van der Waals surface area contributed by atoms with Gasteiger partial charge in [-0.15, -0.1) is 0 Å². The van der Waals surface area contributed by atoms with Crippen LogP contribution in [0.2, 0.25) is 0 Å². The van der Waals surface area contributed by atoms with E-state index in [1.54, 1.807) is 0 Å². The van der Waals surface area contributed by atoms with Crippen molar-refractivity contribution in [3.8, 4) is 0 Å². The quantitative estimate of drug-likeness (QED) is 0.790. The molecule has 1 aromatic heterocycles. The molecule has 0 radical (unpaired) electrons. The summed E-state index contributed by atoms with van der Waals surface area (Å²) in [5, 5.41) is 0. The third kappa shape index (κ3) is 1.86. The lowest BCUT2D eigenvalue weighted by molar-refractivity contribution is 0.900. The standard InChI is InChI=1S/C14H17N3/c1-2-11-14(17-9-5-6-10-17)16-13-8-4-3-7-12(13)15-11/h3-4,7-8H,2,5-6,9-10H2,1H3. The molecule has 1 aromatic carbocycles. The molecule has 0 spiro atoms. The van der Waals surface area contributed by atoms with Gasteiger partial charge in [-0.05, 0) is 31.4 Å². The first kappa shape index (κ1) is 10.5. The molecule has 1 fully saturated rings. The highest BCUT2D eigenvalue weighted by atomic mass is 15.2. The number of para-hydroxylation sites is 2. The summed E-state index contributed by atoms with van der Waals surface area (Å²) in [5.41, 5.74) is 3.14. The maximum Gasteiger partial charge on any atom is 0.151 e. The first-order chi connectivity index (χ1) is 8.38. The van der Waals surface area contributed by atoms with Crippen LogP contribution in [0.1, 0.15) is 25.5 Å². The summed E-state index contributed by atoms with van der Waals surface area (Å²) < 4.78 is 0. The molecule has 3 rings (SSSR count). The average Bonchev–Trinajstić information content (AvgIpc) is 2.91. The largest absolute Gasteiger partial charge is 0.355 e. The molecule has 0 N–H and O–H groups in total. The molecule has 1 saturated heterocycles. The third-order valence-electron chi connectivity index (χ3n) is 3.36. The fraction of sp³-hybridized carbons (Fsp3) is 0.429. The fourth-order valence-electron chi connectivity index (χ4n) is 2.45. The second-order valence-electron chi connectivity index (χ2n) is 4.53. The van der Waals surface area contributed by atoms with E-state index in [2.05, 4.69) is 11.8 Å². The van der Waals surface area contributed by atoms with Gasteiger partial charge in [0.15, 0.2) is 5.82 Å². The minimum Gasteiger partial charge on any atom is -0.355 e. The lowest BCUT2D eigenvalue weighted by atomic mass is 10.2. The summed E-state index contributed by atoms with van der Waals surface area (Å²) in [5.74, 6) is 1.10. The fourth-order valence-corrected chi connectivity index (χ4v) is 2.45. The Morgan fingerprint density at radius 2 is 1.71 bits per heavy atom. The van der Waals surface area contributed by atoms with E-state index in [4.69, 9.17) is 9.97 Å². The number of aromatic nitrogens is 2. The van der Waals surface area contributed by atoms with Crippen molar-refractivity contribution >= 4 is 16.9 Å². The minimum atomic E-state index is 0.948. The van der Waals surface area contributed by atoms with Gasteiger partial charge in [0.25, 0.3) is 0 Å². The summed E-state index contributed by atoms with van der Waals surface area (Å²) in [6, 6.07) is 8.12. The van der Waals surface area contributed by atoms with Gasteiger partial charge < -0.3 is 4.90 Å². The smallest absolute Gasteiger partial charge is 0.151 e. The minimum absolute atomic E-state index is 0.948. The Morgan fingerprint density at radius 3 is 2.35 bits per heavy atom. The summed E-state index contributed by atoms with van der Waals surface area (Å²) in [6.45, 7) is 4.40. The van der Waals surface area contributed by atoms with Gasteiger partial charge in [0.2, 0.25) is 0 Å². The van der Waals surface area contributed by atoms with Crippen LogP contribution in [0.15, 0.2) is 24.3 Å². The lowest BCUT2D eigenvalue weighted by Crippen LogP contribution is -2.21. The highest BCUT2D eigenvalue weighted by Gasteiger charge is 2.18. The van der Waals surface area contributed by atoms with Crippen LogP contribution in [0.3, 0.4) is 0 Å². The van der Waals surface area contributed by atoms with Crippen LogP contribution in [0.25, 0.3) is 11.0 Å². The predicted molar refractivity (Wildman–Crippen MR) is 70.4 cm³/mol. The van der Waals surface area contributed by atoms with E-state index < -0.39 is 0 Å². The molecule has 0 amide bonds. The molecule has 3 heteroatoms. The zero-order chi connectivity index (χ0) is 11.7. The van der Waals surface area contributed by atoms with Crippen LogP contribution in [0, 0.1) is 0 Å². The molecule has 17 heavy (non-hydrogen) atoms. The van der Waals surface area contributed by atoms with E-state index >= 15 is 0 Å². The number of anilines is 1. The van der Waals surface area contributed by atoms with E-state index in [0.29, 0.717) is 0 Å². The Balaban J connectivity index is 2.14. The molecule has 0 atom stereocenters. The molecule has 88 valence electrons. The number of nitrogens with zero attached hydrogens (tertiary/aromatic N) is 3. The van der Waals surface area contributed by atoms with E-state index in [0.717, 1.165) is 42.1 Å². The molecular weight excluding hydrogens is 210 g/mol. The average molecular weight is 227 g/mol. The van der Waals surface area contributed by atoms with Crippen LogP contribution in [-0.2, 0) is 6.42 Å². The highest BCUT2D eigenvalue weighted by molar-refractivity contribution is 5.76. The van der Waals surface area contributed by atoms with E-state index in [9.17, 15) is 0 Å². The molecule has 2 heterocycles. The summed E-state index contributed by atoms with van der Waals surface area (Å²) >= 11 is 0. The Morgan fingerprint density at radius 1 is 1.06 bits per heavy atom. The number of fused-ring (bicyclic) bond motifs is 1. The summed E-state index contributed by atoms with van der Waals surface area (Å²) in [4.78, 5) is 11.9. The first-order valence-corrected chi connectivity index (χ1v) is 6.39. The van der Waals surface area contributed by atoms with Crippen molar-refractivity contribution in [2.24, 2.45) is 0 Å². The van der Waals surface area contributed by atoms with Crippen LogP contribution < -0.4 is 4.90 Å². The maximum atomic E-state index is 4.79. The normalized spacial score (nSPS) is 15.7. The predicted octanol–water partition coefficient (Wildman–Crippen LogP) is 2.79. The maximum absolute atomic E-state index is 4.79. The molecule has 0 unspecified atom stereocenters.